The van der Waals surface area contributed by atoms with Crippen LogP contribution in [0.2, 0.25) is 0 Å². The highest BCUT2D eigenvalue weighted by atomic mass is 32.2. The minimum Gasteiger partial charge on any atom is -0.872 e. The zero-order valence-corrected chi connectivity index (χ0v) is 13.3. The van der Waals surface area contributed by atoms with Crippen LogP contribution in [-0.2, 0) is 11.3 Å². The number of carbonyl (C=O) groups excluding carboxylic acids is 1. The number of hydrogen-bond donors (Lipinski definition) is 1. The Morgan fingerprint density at radius 1 is 1.26 bits per heavy atom. The first-order valence-electron chi connectivity index (χ1n) is 6.87. The molecule has 0 atom stereocenters. The summed E-state index contributed by atoms with van der Waals surface area (Å²) < 4.78 is 0. The molecule has 1 amide bonds. The highest BCUT2D eigenvalue weighted by Crippen LogP contribution is 2.22. The smallest absolute Gasteiger partial charge is 0.269 e. The maximum absolute atomic E-state index is 11.9. The van der Waals surface area contributed by atoms with Crippen LogP contribution in [0.5, 0.6) is 5.75 Å². The van der Waals surface area contributed by atoms with Gasteiger partial charge in [-0.2, -0.15) is 0 Å². The molecule has 6 nitrogen and oxygen atoms in total. The van der Waals surface area contributed by atoms with E-state index in [1.165, 1.54) is 17.8 Å². The van der Waals surface area contributed by atoms with Crippen molar-refractivity contribution in [3.8, 4) is 5.75 Å². The minimum absolute atomic E-state index is 0.0202. The lowest BCUT2D eigenvalue weighted by molar-refractivity contribution is -0.385. The monoisotopic (exact) mass is 331 g/mol. The van der Waals surface area contributed by atoms with Crippen LogP contribution in [0, 0.1) is 17.0 Å². The van der Waals surface area contributed by atoms with Crippen molar-refractivity contribution < 1.29 is 14.8 Å². The standard InChI is InChI=1S/C16H16N2O4S/c1-11-4-2-3-5-15(11)23-10-16(20)17-9-12-8-13(18(21)22)6-7-14(12)19/h2-8,19H,9-10H2,1H3,(H,17,20)/p-1. The lowest BCUT2D eigenvalue weighted by Crippen LogP contribution is -2.25. The van der Waals surface area contributed by atoms with Gasteiger partial charge in [-0.1, -0.05) is 24.3 Å². The third-order valence-electron chi connectivity index (χ3n) is 3.18. The summed E-state index contributed by atoms with van der Waals surface area (Å²) in [5, 5.41) is 25.0. The number of nitro groups is 1. The predicted octanol–water partition coefficient (Wildman–Crippen LogP) is 2.39. The van der Waals surface area contributed by atoms with E-state index in [2.05, 4.69) is 5.32 Å². The highest BCUT2D eigenvalue weighted by molar-refractivity contribution is 8.00. The second-order valence-electron chi connectivity index (χ2n) is 4.88. The van der Waals surface area contributed by atoms with E-state index in [1.54, 1.807) is 0 Å². The van der Waals surface area contributed by atoms with Gasteiger partial charge in [-0.25, -0.2) is 0 Å². The fraction of sp³-hybridized carbons (Fsp3) is 0.188. The fourth-order valence-corrected chi connectivity index (χ4v) is 2.78. The number of nitrogens with zero attached hydrogens (tertiary/aromatic N) is 1. The molecule has 7 heteroatoms. The molecule has 0 aliphatic carbocycles. The van der Waals surface area contributed by atoms with Crippen LogP contribution in [-0.4, -0.2) is 16.6 Å². The van der Waals surface area contributed by atoms with Gasteiger partial charge in [-0.3, -0.25) is 14.9 Å². The second kappa shape index (κ2) is 7.64. The molecule has 0 saturated carbocycles. The molecule has 0 unspecified atom stereocenters. The Kier molecular flexibility index (Phi) is 5.59. The van der Waals surface area contributed by atoms with Gasteiger partial charge in [0.2, 0.25) is 5.91 Å². The van der Waals surface area contributed by atoms with Gasteiger partial charge in [0.15, 0.2) is 0 Å². The van der Waals surface area contributed by atoms with Crippen LogP contribution in [0.15, 0.2) is 47.4 Å². The molecule has 0 spiro atoms. The molecule has 2 aromatic carbocycles. The lowest BCUT2D eigenvalue weighted by atomic mass is 10.2. The molecule has 23 heavy (non-hydrogen) atoms. The number of nitrogens with one attached hydrogen (secondary N) is 1. The van der Waals surface area contributed by atoms with Gasteiger partial charge in [-0.15, -0.1) is 17.5 Å². The molecule has 0 radical (unpaired) electrons. The molecule has 120 valence electrons. The van der Waals surface area contributed by atoms with Gasteiger partial charge in [0.1, 0.15) is 0 Å². The van der Waals surface area contributed by atoms with Gasteiger partial charge in [0.25, 0.3) is 5.69 Å². The molecule has 2 rings (SSSR count). The maximum atomic E-state index is 11.9. The maximum Gasteiger partial charge on any atom is 0.269 e. The molecule has 0 aliphatic heterocycles. The number of thioether (sulfide) groups is 1. The first-order valence-corrected chi connectivity index (χ1v) is 7.85. The van der Waals surface area contributed by atoms with Crippen molar-refractivity contribution in [2.75, 3.05) is 5.75 Å². The lowest BCUT2D eigenvalue weighted by Gasteiger charge is -2.13. The molecule has 0 saturated heterocycles. The highest BCUT2D eigenvalue weighted by Gasteiger charge is 2.09. The Bertz CT molecular complexity index is 734. The van der Waals surface area contributed by atoms with Crippen LogP contribution < -0.4 is 10.4 Å². The van der Waals surface area contributed by atoms with Gasteiger partial charge in [0.05, 0.1) is 10.7 Å². The topological polar surface area (TPSA) is 95.3 Å². The van der Waals surface area contributed by atoms with Crippen LogP contribution in [0.4, 0.5) is 5.69 Å². The number of rotatable bonds is 6. The number of benzene rings is 2. The third-order valence-corrected chi connectivity index (χ3v) is 4.36. The van der Waals surface area contributed by atoms with E-state index in [-0.39, 0.29) is 35.2 Å². The van der Waals surface area contributed by atoms with Crippen LogP contribution >= 0.6 is 11.8 Å². The third kappa shape index (κ3) is 4.72. The quantitative estimate of drug-likeness (QED) is 0.498. The number of aryl methyl sites for hydroxylation is 1. The van der Waals surface area contributed by atoms with Crippen LogP contribution in [0.25, 0.3) is 0 Å². The van der Waals surface area contributed by atoms with Crippen molar-refractivity contribution in [3.63, 3.8) is 0 Å². The number of hydrogen-bond acceptors (Lipinski definition) is 5. The zero-order chi connectivity index (χ0) is 16.8. The summed E-state index contributed by atoms with van der Waals surface area (Å²) in [6.45, 7) is 1.95. The molecule has 0 heterocycles. The van der Waals surface area contributed by atoms with Crippen molar-refractivity contribution >= 4 is 23.4 Å². The number of nitro benzene ring substituents is 1. The van der Waals surface area contributed by atoms with Crippen molar-refractivity contribution in [2.45, 2.75) is 18.4 Å². The van der Waals surface area contributed by atoms with E-state index >= 15 is 0 Å². The van der Waals surface area contributed by atoms with E-state index in [0.29, 0.717) is 0 Å². The Morgan fingerprint density at radius 3 is 2.70 bits per heavy atom. The summed E-state index contributed by atoms with van der Waals surface area (Å²) in [7, 11) is 0. The summed E-state index contributed by atoms with van der Waals surface area (Å²) >= 11 is 1.40. The van der Waals surface area contributed by atoms with Crippen molar-refractivity contribution in [3.05, 3.63) is 63.7 Å². The molecule has 0 fully saturated rings. The zero-order valence-electron chi connectivity index (χ0n) is 12.4. The van der Waals surface area contributed by atoms with Gasteiger partial charge in [0, 0.05) is 23.6 Å². The molecule has 2 aromatic rings. The summed E-state index contributed by atoms with van der Waals surface area (Å²) in [5.74, 6) is -0.347. The fourth-order valence-electron chi connectivity index (χ4n) is 1.92. The van der Waals surface area contributed by atoms with Gasteiger partial charge in [-0.05, 0) is 24.1 Å². The first-order chi connectivity index (χ1) is 11.0. The summed E-state index contributed by atoms with van der Waals surface area (Å²) in [6, 6.07) is 11.2. The average Bonchev–Trinajstić information content (AvgIpc) is 2.53. The SMILES string of the molecule is Cc1ccccc1SCC(=O)NCc1cc([N+](=O)[O-])ccc1[O-]. The summed E-state index contributed by atoms with van der Waals surface area (Å²) in [5.41, 5.74) is 1.13. The van der Waals surface area contributed by atoms with Gasteiger partial charge >= 0.3 is 0 Å². The second-order valence-corrected chi connectivity index (χ2v) is 5.90. The number of amides is 1. The molecule has 0 aliphatic rings. The average molecular weight is 331 g/mol. The predicted molar refractivity (Wildman–Crippen MR) is 86.3 cm³/mol. The Morgan fingerprint density at radius 2 is 2.00 bits per heavy atom. The molecule has 0 aromatic heterocycles. The minimum atomic E-state index is -0.571. The normalized spacial score (nSPS) is 10.3. The summed E-state index contributed by atoms with van der Waals surface area (Å²) in [4.78, 5) is 23.0. The van der Waals surface area contributed by atoms with Crippen LogP contribution in [0.3, 0.4) is 0 Å². The van der Waals surface area contributed by atoms with Crippen molar-refractivity contribution in [2.24, 2.45) is 0 Å². The first kappa shape index (κ1) is 16.8. The van der Waals surface area contributed by atoms with E-state index in [0.717, 1.165) is 22.6 Å². The Labute approximate surface area is 137 Å². The van der Waals surface area contributed by atoms with E-state index < -0.39 is 4.92 Å². The van der Waals surface area contributed by atoms with Gasteiger partial charge < -0.3 is 10.4 Å². The van der Waals surface area contributed by atoms with Crippen LogP contribution in [0.1, 0.15) is 11.1 Å². The summed E-state index contributed by atoms with van der Waals surface area (Å²) in [6.07, 6.45) is 0. The van der Waals surface area contributed by atoms with E-state index in [1.807, 2.05) is 31.2 Å². The Balaban J connectivity index is 1.91. The number of carbonyl (C=O) groups is 1. The number of non-ortho nitro benzene ring substituents is 1. The molecule has 0 bridgehead atoms. The van der Waals surface area contributed by atoms with Crippen molar-refractivity contribution in [1.29, 1.82) is 0 Å². The largest absolute Gasteiger partial charge is 0.872 e. The van der Waals surface area contributed by atoms with E-state index in [4.69, 9.17) is 0 Å². The molecular formula is C16H15N2O4S-. The Hall–Kier alpha value is -2.54. The van der Waals surface area contributed by atoms with Crippen molar-refractivity contribution in [1.82, 2.24) is 5.32 Å². The molecule has 1 N–H and O–H groups in total. The molecular weight excluding hydrogens is 316 g/mol. The van der Waals surface area contributed by atoms with E-state index in [9.17, 15) is 20.0 Å².